The molecule has 1 saturated carbocycles. The summed E-state index contributed by atoms with van der Waals surface area (Å²) < 4.78 is 5.70. The Balaban J connectivity index is 1.69. The van der Waals surface area contributed by atoms with Gasteiger partial charge in [-0.3, -0.25) is 9.59 Å². The number of carbonyl (C=O) groups is 2. The van der Waals surface area contributed by atoms with E-state index in [0.29, 0.717) is 13.0 Å². The Hall–Kier alpha value is -2.04. The highest BCUT2D eigenvalue weighted by atomic mass is 16.5. The number of amides is 1. The van der Waals surface area contributed by atoms with Gasteiger partial charge in [0.25, 0.3) is 0 Å². The average Bonchev–Trinajstić information content (AvgIpc) is 3.21. The predicted octanol–water partition coefficient (Wildman–Crippen LogP) is 2.49. The predicted molar refractivity (Wildman–Crippen MR) is 85.4 cm³/mol. The molecule has 1 aliphatic heterocycles. The van der Waals surface area contributed by atoms with Crippen molar-refractivity contribution in [1.29, 1.82) is 0 Å². The van der Waals surface area contributed by atoms with Crippen LogP contribution in [0.3, 0.4) is 0 Å². The van der Waals surface area contributed by atoms with E-state index in [2.05, 4.69) is 11.4 Å². The quantitative estimate of drug-likeness (QED) is 0.875. The Morgan fingerprint density at radius 1 is 1.39 bits per heavy atom. The Bertz CT molecular complexity index is 640. The molecule has 1 aromatic carbocycles. The minimum Gasteiger partial charge on any atom is -0.493 e. The molecule has 1 aromatic rings. The summed E-state index contributed by atoms with van der Waals surface area (Å²) in [6.07, 6.45) is 2.18. The third kappa shape index (κ3) is 3.05. The molecule has 124 valence electrons. The number of fused-ring (bicyclic) bond motifs is 2. The van der Waals surface area contributed by atoms with Gasteiger partial charge in [-0.25, -0.2) is 0 Å². The van der Waals surface area contributed by atoms with E-state index < -0.39 is 11.5 Å². The SMILES string of the molecule is CC(C)(CCC(=O)O)NC(=O)C1CC12CCOc1ccccc12. The van der Waals surface area contributed by atoms with Gasteiger partial charge in [0, 0.05) is 28.9 Å². The molecule has 1 amide bonds. The number of aliphatic carboxylic acids is 1. The lowest BCUT2D eigenvalue weighted by atomic mass is 9.87. The van der Waals surface area contributed by atoms with Crippen molar-refractivity contribution in [3.8, 4) is 5.75 Å². The smallest absolute Gasteiger partial charge is 0.303 e. The molecule has 23 heavy (non-hydrogen) atoms. The fourth-order valence-corrected chi connectivity index (χ4v) is 3.61. The first-order chi connectivity index (χ1) is 10.8. The van der Waals surface area contributed by atoms with Gasteiger partial charge in [0.2, 0.25) is 5.91 Å². The van der Waals surface area contributed by atoms with Gasteiger partial charge >= 0.3 is 5.97 Å². The molecule has 5 heteroatoms. The van der Waals surface area contributed by atoms with Crippen LogP contribution in [0.5, 0.6) is 5.75 Å². The maximum absolute atomic E-state index is 12.6. The summed E-state index contributed by atoms with van der Waals surface area (Å²) in [6.45, 7) is 4.39. The van der Waals surface area contributed by atoms with E-state index in [1.165, 1.54) is 0 Å². The molecule has 3 rings (SSSR count). The van der Waals surface area contributed by atoms with Gasteiger partial charge in [-0.1, -0.05) is 18.2 Å². The second-order valence-electron chi connectivity index (χ2n) is 7.27. The van der Waals surface area contributed by atoms with Gasteiger partial charge in [0.05, 0.1) is 6.61 Å². The zero-order chi connectivity index (χ0) is 16.7. The number of hydrogen-bond acceptors (Lipinski definition) is 3. The van der Waals surface area contributed by atoms with E-state index in [0.717, 1.165) is 24.2 Å². The van der Waals surface area contributed by atoms with Gasteiger partial charge in [-0.15, -0.1) is 0 Å². The minimum atomic E-state index is -0.839. The van der Waals surface area contributed by atoms with Crippen LogP contribution in [-0.2, 0) is 15.0 Å². The van der Waals surface area contributed by atoms with Crippen LogP contribution in [0.25, 0.3) is 0 Å². The van der Waals surface area contributed by atoms with Gasteiger partial charge < -0.3 is 15.2 Å². The fourth-order valence-electron chi connectivity index (χ4n) is 3.61. The van der Waals surface area contributed by atoms with E-state index in [-0.39, 0.29) is 23.7 Å². The van der Waals surface area contributed by atoms with E-state index in [4.69, 9.17) is 9.84 Å². The normalized spacial score (nSPS) is 25.4. The highest BCUT2D eigenvalue weighted by Crippen LogP contribution is 2.60. The number of benzene rings is 1. The average molecular weight is 317 g/mol. The molecule has 0 aromatic heterocycles. The van der Waals surface area contributed by atoms with Crippen LogP contribution < -0.4 is 10.1 Å². The topological polar surface area (TPSA) is 75.6 Å². The molecular formula is C18H23NO4. The van der Waals surface area contributed by atoms with Crippen molar-refractivity contribution in [2.24, 2.45) is 5.92 Å². The number of nitrogens with one attached hydrogen (secondary N) is 1. The Kier molecular flexibility index (Phi) is 3.82. The first-order valence-electron chi connectivity index (χ1n) is 8.10. The number of rotatable bonds is 5. The van der Waals surface area contributed by atoms with Crippen LogP contribution >= 0.6 is 0 Å². The van der Waals surface area contributed by atoms with Crippen LogP contribution in [0.2, 0.25) is 0 Å². The summed E-state index contributed by atoms with van der Waals surface area (Å²) in [5.74, 6) is 0.0292. The zero-order valence-corrected chi connectivity index (χ0v) is 13.6. The van der Waals surface area contributed by atoms with Gasteiger partial charge in [0.1, 0.15) is 5.75 Å². The third-order valence-corrected chi connectivity index (χ3v) is 5.05. The molecule has 0 saturated heterocycles. The lowest BCUT2D eigenvalue weighted by Crippen LogP contribution is -2.45. The molecule has 1 heterocycles. The zero-order valence-electron chi connectivity index (χ0n) is 13.6. The summed E-state index contributed by atoms with van der Waals surface area (Å²) in [7, 11) is 0. The Morgan fingerprint density at radius 3 is 2.87 bits per heavy atom. The lowest BCUT2D eigenvalue weighted by molar-refractivity contribution is -0.138. The minimum absolute atomic E-state index is 0.0251. The van der Waals surface area contributed by atoms with E-state index in [1.54, 1.807) is 0 Å². The first kappa shape index (κ1) is 15.8. The number of hydrogen-bond donors (Lipinski definition) is 2. The fraction of sp³-hybridized carbons (Fsp3) is 0.556. The molecule has 2 atom stereocenters. The molecule has 2 aliphatic rings. The number of carboxylic acid groups (broad SMARTS) is 1. The van der Waals surface area contributed by atoms with Crippen LogP contribution in [-0.4, -0.2) is 29.1 Å². The van der Waals surface area contributed by atoms with E-state index in [1.807, 2.05) is 32.0 Å². The summed E-state index contributed by atoms with van der Waals surface area (Å²) in [6, 6.07) is 7.95. The van der Waals surface area contributed by atoms with Crippen molar-refractivity contribution in [1.82, 2.24) is 5.32 Å². The number of ether oxygens (including phenoxy) is 1. The van der Waals surface area contributed by atoms with E-state index >= 15 is 0 Å². The summed E-state index contributed by atoms with van der Waals surface area (Å²) in [4.78, 5) is 23.4. The second-order valence-corrected chi connectivity index (χ2v) is 7.27. The van der Waals surface area contributed by atoms with Gasteiger partial charge in [0.15, 0.2) is 0 Å². The molecule has 1 spiro atoms. The number of carboxylic acids is 1. The van der Waals surface area contributed by atoms with Crippen molar-refractivity contribution in [3.63, 3.8) is 0 Å². The maximum Gasteiger partial charge on any atom is 0.303 e. The van der Waals surface area contributed by atoms with Crippen molar-refractivity contribution in [2.45, 2.75) is 50.5 Å². The largest absolute Gasteiger partial charge is 0.493 e. The van der Waals surface area contributed by atoms with Crippen LogP contribution in [0.1, 0.15) is 45.1 Å². The van der Waals surface area contributed by atoms with Gasteiger partial charge in [-0.2, -0.15) is 0 Å². The Morgan fingerprint density at radius 2 is 2.13 bits per heavy atom. The van der Waals surface area contributed by atoms with Crippen molar-refractivity contribution < 1.29 is 19.4 Å². The van der Waals surface area contributed by atoms with Gasteiger partial charge in [-0.05, 0) is 39.2 Å². The van der Waals surface area contributed by atoms with Crippen LogP contribution in [0.4, 0.5) is 0 Å². The summed E-state index contributed by atoms with van der Waals surface area (Å²) >= 11 is 0. The molecule has 2 N–H and O–H groups in total. The molecule has 0 bridgehead atoms. The number of para-hydroxylation sites is 1. The Labute approximate surface area is 136 Å². The van der Waals surface area contributed by atoms with E-state index in [9.17, 15) is 9.59 Å². The van der Waals surface area contributed by atoms with Crippen molar-refractivity contribution in [3.05, 3.63) is 29.8 Å². The second kappa shape index (κ2) is 5.55. The summed E-state index contributed by atoms with van der Waals surface area (Å²) in [5, 5.41) is 11.8. The lowest BCUT2D eigenvalue weighted by Gasteiger charge is -2.29. The van der Waals surface area contributed by atoms with Crippen LogP contribution in [0, 0.1) is 5.92 Å². The molecule has 2 unspecified atom stereocenters. The first-order valence-corrected chi connectivity index (χ1v) is 8.10. The summed E-state index contributed by atoms with van der Waals surface area (Å²) in [5.41, 5.74) is 0.529. The van der Waals surface area contributed by atoms with Crippen molar-refractivity contribution >= 4 is 11.9 Å². The van der Waals surface area contributed by atoms with Crippen LogP contribution in [0.15, 0.2) is 24.3 Å². The molecule has 5 nitrogen and oxygen atoms in total. The molecule has 0 radical (unpaired) electrons. The van der Waals surface area contributed by atoms with Crippen molar-refractivity contribution in [2.75, 3.05) is 6.61 Å². The highest BCUT2D eigenvalue weighted by Gasteiger charge is 2.61. The third-order valence-electron chi connectivity index (χ3n) is 5.05. The monoisotopic (exact) mass is 317 g/mol. The molecule has 1 fully saturated rings. The molecule has 1 aliphatic carbocycles. The highest BCUT2D eigenvalue weighted by molar-refractivity contribution is 5.85. The molecular weight excluding hydrogens is 294 g/mol. The maximum atomic E-state index is 12.6. The number of carbonyl (C=O) groups excluding carboxylic acids is 1. The standard InChI is InChI=1S/C18H23NO4/c1-17(2,8-7-15(20)21)19-16(22)13-11-18(13)9-10-23-14-6-4-3-5-12(14)18/h3-6,13H,7-11H2,1-2H3,(H,19,22)(H,20,21).